The van der Waals surface area contributed by atoms with E-state index >= 15 is 0 Å². The quantitative estimate of drug-likeness (QED) is 0.0322. The Morgan fingerprint density at radius 1 is 1.16 bits per heavy atom. The number of hydrogen-bond donors (Lipinski definition) is 4. The van der Waals surface area contributed by atoms with Crippen LogP contribution in [0.4, 0.5) is 0 Å². The van der Waals surface area contributed by atoms with Gasteiger partial charge in [-0.25, -0.2) is 0 Å². The number of nitrogens with two attached hydrogens (primary N) is 2. The number of rotatable bonds is 13. The smallest absolute Gasteiger partial charge is 0.204 e. The summed E-state index contributed by atoms with van der Waals surface area (Å²) in [4.78, 5) is 10.8. The average Bonchev–Trinajstić information content (AvgIpc) is 2.89. The summed E-state index contributed by atoms with van der Waals surface area (Å²) in [6.07, 6.45) is 3.22. The standard InChI is InChI=1S/C22H28N3OS.C6H5.CH3NO.H2S.Sb/c1-4-5-11-26-19-10-9-15(2)21(14-19)27-16(3)20(23)13-17-7-6-8-18(12-17)22(24)25;1-2-4-6-5-3-1;2-1-3;;/h6-10,12,14,20,23H,3-5,11,13H2,1-2H3,(H3,24,25);1-5H;1H,(H2,2,3);1H2;/q-1;;;;+1/p-1. The Hall–Kier alpha value is -2.38. The molecule has 0 saturated carbocycles. The van der Waals surface area contributed by atoms with E-state index in [9.17, 15) is 0 Å². The van der Waals surface area contributed by atoms with Crippen LogP contribution in [0.3, 0.4) is 0 Å². The molecule has 3 aromatic rings. The molecule has 1 radical (unpaired) electrons. The summed E-state index contributed by atoms with van der Waals surface area (Å²) in [6.45, 7) is 9.52. The van der Waals surface area contributed by atoms with Crippen LogP contribution in [0.1, 0.15) is 36.5 Å². The van der Waals surface area contributed by atoms with Gasteiger partial charge in [0.05, 0.1) is 0 Å². The van der Waals surface area contributed by atoms with Crippen molar-refractivity contribution < 1.29 is 9.53 Å². The zero-order valence-electron chi connectivity index (χ0n) is 21.9. The van der Waals surface area contributed by atoms with Gasteiger partial charge in [0.1, 0.15) is 0 Å². The maximum Gasteiger partial charge on any atom is 0.204 e. The first-order valence-electron chi connectivity index (χ1n) is 12.1. The predicted molar refractivity (Wildman–Crippen MR) is 166 cm³/mol. The summed E-state index contributed by atoms with van der Waals surface area (Å²) in [5.74, 6) is 1.00. The zero-order chi connectivity index (χ0) is 27.0. The second-order valence-electron chi connectivity index (χ2n) is 8.28. The second-order valence-corrected chi connectivity index (χ2v) is 12.3. The molecule has 1 unspecified atom stereocenters. The molecule has 0 spiro atoms. The third kappa shape index (κ3) is 12.0. The zero-order valence-corrected chi connectivity index (χ0v) is 26.2. The number of amidine groups is 1. The number of amides is 1. The predicted octanol–water partition coefficient (Wildman–Crippen LogP) is 4.04. The van der Waals surface area contributed by atoms with E-state index in [1.807, 2.05) is 24.3 Å². The number of benzene rings is 3. The van der Waals surface area contributed by atoms with Crippen LogP contribution >= 0.6 is 11.8 Å². The fraction of sp³-hybridized carbons (Fsp3) is 0.241. The van der Waals surface area contributed by atoms with Crippen LogP contribution in [-0.4, -0.2) is 46.8 Å². The molecule has 0 aliphatic carbocycles. The molecule has 0 aromatic heterocycles. The number of carbonyl (C=O) groups excluding carboxylic acids is 1. The minimum Gasteiger partial charge on any atom is -0.813 e. The van der Waals surface area contributed by atoms with Gasteiger partial charge in [0.15, 0.2) is 0 Å². The molecule has 0 bridgehead atoms. The van der Waals surface area contributed by atoms with Gasteiger partial charge in [0.25, 0.3) is 0 Å². The fourth-order valence-corrected chi connectivity index (χ4v) is 7.04. The Balaban J connectivity index is 0.00000172. The number of primary amides is 1. The number of nitrogen functional groups attached to an aromatic ring is 1. The summed E-state index contributed by atoms with van der Waals surface area (Å²) in [5.41, 5.74) is 13.0. The van der Waals surface area contributed by atoms with Crippen LogP contribution in [0, 0.1) is 12.3 Å². The number of nitrogens with one attached hydrogen (secondary N) is 2. The Labute approximate surface area is 248 Å². The summed E-state index contributed by atoms with van der Waals surface area (Å²) in [6, 6.07) is 25.0. The minimum atomic E-state index is -0.793. The maximum atomic E-state index is 8.58. The van der Waals surface area contributed by atoms with Crippen molar-refractivity contribution in [2.45, 2.75) is 44.0 Å². The van der Waals surface area contributed by atoms with Crippen LogP contribution in [0.25, 0.3) is 0 Å². The number of aryl methyl sites for hydroxylation is 1. The van der Waals surface area contributed by atoms with Crippen LogP contribution in [-0.2, 0) is 24.7 Å². The summed E-state index contributed by atoms with van der Waals surface area (Å²) < 4.78 is 11.2. The van der Waals surface area contributed by atoms with Crippen LogP contribution < -0.4 is 23.2 Å². The molecular formula is C29H37N4O2S2Sb-. The first-order valence-corrected chi connectivity index (χ1v) is 15.4. The van der Waals surface area contributed by atoms with Crippen molar-refractivity contribution >= 4 is 62.9 Å². The van der Waals surface area contributed by atoms with Crippen LogP contribution in [0.2, 0.25) is 0 Å². The van der Waals surface area contributed by atoms with E-state index in [0.717, 1.165) is 47.7 Å². The van der Waals surface area contributed by atoms with E-state index in [2.05, 4.69) is 78.2 Å². The SMILES string of the molecule is C=C(Sc1cc(OCCCC)ccc1C)C(Cc1cccc(C(=N)N)c1)[NH][Sb][c]1ccccc1.NC=O.[SH-]. The van der Waals surface area contributed by atoms with Gasteiger partial charge in [-0.3, -0.25) is 4.79 Å². The van der Waals surface area contributed by atoms with Crippen molar-refractivity contribution in [2.75, 3.05) is 6.61 Å². The number of carbonyl (C=O) groups is 1. The van der Waals surface area contributed by atoms with E-state index in [4.69, 9.17) is 20.7 Å². The monoisotopic (exact) mass is 658 g/mol. The van der Waals surface area contributed by atoms with Crippen molar-refractivity contribution in [1.82, 2.24) is 3.48 Å². The first-order chi connectivity index (χ1) is 17.9. The van der Waals surface area contributed by atoms with Crippen molar-refractivity contribution in [3.8, 4) is 5.75 Å². The molecule has 3 rings (SSSR count). The van der Waals surface area contributed by atoms with E-state index in [1.165, 1.54) is 14.0 Å². The molecule has 9 heteroatoms. The van der Waals surface area contributed by atoms with Gasteiger partial charge >= 0.3 is 220 Å². The molecular weight excluding hydrogens is 622 g/mol. The van der Waals surface area contributed by atoms with Gasteiger partial charge in [0.2, 0.25) is 6.41 Å². The molecule has 6 N–H and O–H groups in total. The first kappa shape index (κ1) is 33.6. The van der Waals surface area contributed by atoms with Crippen molar-refractivity contribution in [2.24, 2.45) is 11.5 Å². The summed E-state index contributed by atoms with van der Waals surface area (Å²) in [7, 11) is 0. The van der Waals surface area contributed by atoms with Crippen molar-refractivity contribution in [3.63, 3.8) is 0 Å². The van der Waals surface area contributed by atoms with Gasteiger partial charge in [-0.15, -0.1) is 0 Å². The third-order valence-corrected chi connectivity index (χ3v) is 9.39. The topological polar surface area (TPSA) is 114 Å². The van der Waals surface area contributed by atoms with Gasteiger partial charge in [-0.05, 0) is 0 Å². The van der Waals surface area contributed by atoms with Gasteiger partial charge in [0, 0.05) is 0 Å². The van der Waals surface area contributed by atoms with Crippen molar-refractivity contribution in [1.29, 1.82) is 5.41 Å². The molecule has 38 heavy (non-hydrogen) atoms. The van der Waals surface area contributed by atoms with E-state index in [0.29, 0.717) is 0 Å². The third-order valence-electron chi connectivity index (χ3n) is 5.34. The maximum absolute atomic E-state index is 8.58. The number of hydrogen-bond acceptors (Lipinski definition) is 6. The number of thioether (sulfide) groups is 1. The summed E-state index contributed by atoms with van der Waals surface area (Å²) in [5, 5.41) is 7.78. The molecule has 0 aliphatic heterocycles. The minimum absolute atomic E-state index is 0. The Morgan fingerprint density at radius 2 is 1.87 bits per heavy atom. The number of thiol groups is 1. The van der Waals surface area contributed by atoms with Crippen LogP contribution in [0.5, 0.6) is 5.75 Å². The van der Waals surface area contributed by atoms with Crippen LogP contribution in [0.15, 0.2) is 89.2 Å². The van der Waals surface area contributed by atoms with Gasteiger partial charge in [-0.2, -0.15) is 0 Å². The van der Waals surface area contributed by atoms with Gasteiger partial charge < -0.3 is 19.2 Å². The van der Waals surface area contributed by atoms with E-state index < -0.39 is 21.9 Å². The molecule has 1 atom stereocenters. The number of unbranched alkanes of at least 4 members (excludes halogenated alkanes) is 1. The molecule has 0 heterocycles. The second kappa shape index (κ2) is 18.8. The largest absolute Gasteiger partial charge is 0.813 e. The molecule has 0 fully saturated rings. The molecule has 6 nitrogen and oxygen atoms in total. The Bertz CT molecular complexity index is 1160. The van der Waals surface area contributed by atoms with E-state index in [1.54, 1.807) is 11.8 Å². The normalized spacial score (nSPS) is 10.8. The number of ether oxygens (including phenoxy) is 1. The van der Waals surface area contributed by atoms with Gasteiger partial charge in [-0.1, -0.05) is 0 Å². The molecule has 3 aromatic carbocycles. The van der Waals surface area contributed by atoms with Crippen molar-refractivity contribution in [3.05, 3.63) is 101 Å². The molecule has 0 aliphatic rings. The molecule has 203 valence electrons. The Morgan fingerprint density at radius 3 is 2.53 bits per heavy atom. The fourth-order valence-electron chi connectivity index (χ4n) is 3.31. The summed E-state index contributed by atoms with van der Waals surface area (Å²) >= 11 is 0.923. The molecule has 1 amide bonds. The average molecular weight is 660 g/mol. The Kier molecular flexibility index (Phi) is 16.6. The molecule has 0 saturated heterocycles. The van der Waals surface area contributed by atoms with E-state index in [-0.39, 0.29) is 31.8 Å².